The summed E-state index contributed by atoms with van der Waals surface area (Å²) in [6.45, 7) is 2.75. The number of esters is 2. The lowest BCUT2D eigenvalue weighted by molar-refractivity contribution is -0.238. The molecule has 2 rings (SSSR count). The van der Waals surface area contributed by atoms with Gasteiger partial charge in [-0.05, 0) is 0 Å². The van der Waals surface area contributed by atoms with Gasteiger partial charge in [0.1, 0.15) is 6.04 Å². The van der Waals surface area contributed by atoms with E-state index in [1.165, 1.54) is 25.6 Å². The average molecular weight is 303 g/mol. The zero-order chi connectivity index (χ0) is 15.1. The van der Waals surface area contributed by atoms with E-state index in [4.69, 9.17) is 14.6 Å². The second-order valence-electron chi connectivity index (χ2n) is 4.85. The van der Waals surface area contributed by atoms with E-state index in [0.29, 0.717) is 0 Å². The molecule has 0 aliphatic carbocycles. The van der Waals surface area contributed by atoms with E-state index in [-0.39, 0.29) is 11.6 Å². The molecule has 2 heterocycles. The highest BCUT2D eigenvalue weighted by Gasteiger charge is 2.51. The van der Waals surface area contributed by atoms with E-state index in [1.54, 1.807) is 0 Å². The van der Waals surface area contributed by atoms with Crippen LogP contribution < -0.4 is 0 Å². The summed E-state index contributed by atoms with van der Waals surface area (Å²) in [7, 11) is 0. The molecule has 0 saturated carbocycles. The van der Waals surface area contributed by atoms with E-state index in [9.17, 15) is 19.2 Å². The van der Waals surface area contributed by atoms with Crippen LogP contribution >= 0.6 is 11.8 Å². The van der Waals surface area contributed by atoms with Gasteiger partial charge in [-0.25, -0.2) is 4.79 Å². The lowest BCUT2D eigenvalue weighted by Crippen LogP contribution is -2.54. The Morgan fingerprint density at radius 3 is 2.35 bits per heavy atom. The molecule has 0 aromatic rings. The Morgan fingerprint density at radius 1 is 1.30 bits per heavy atom. The molecule has 8 nitrogen and oxygen atoms in total. The number of nitrogens with zero attached hydrogens (tertiary/aromatic N) is 1. The van der Waals surface area contributed by atoms with Gasteiger partial charge in [-0.15, -0.1) is 11.8 Å². The minimum atomic E-state index is -1.71. The SMILES string of the molecule is CC1(C)OC(=O)C(C(=O)[C@@H]2CSCN2C(=O)O)C(=O)O1. The smallest absolute Gasteiger partial charge is 0.408 e. The first-order chi connectivity index (χ1) is 9.23. The Hall–Kier alpha value is -1.77. The molecule has 0 unspecified atom stereocenters. The summed E-state index contributed by atoms with van der Waals surface area (Å²) in [5, 5.41) is 8.97. The third-order valence-corrected chi connectivity index (χ3v) is 3.92. The fourth-order valence-electron chi connectivity index (χ4n) is 2.01. The van der Waals surface area contributed by atoms with Gasteiger partial charge in [0.05, 0.1) is 5.88 Å². The van der Waals surface area contributed by atoms with Crippen molar-refractivity contribution in [2.45, 2.75) is 25.7 Å². The van der Waals surface area contributed by atoms with Crippen molar-refractivity contribution in [1.29, 1.82) is 0 Å². The molecule has 0 bridgehead atoms. The minimum Gasteiger partial charge on any atom is -0.465 e. The molecule has 0 aromatic heterocycles. The van der Waals surface area contributed by atoms with Crippen LogP contribution in [0.1, 0.15) is 13.8 Å². The number of cyclic esters (lactones) is 2. The molecule has 1 amide bonds. The molecule has 9 heteroatoms. The number of rotatable bonds is 2. The first kappa shape index (κ1) is 14.6. The van der Waals surface area contributed by atoms with Crippen LogP contribution in [0.15, 0.2) is 0 Å². The number of carbonyl (C=O) groups excluding carboxylic acids is 3. The van der Waals surface area contributed by atoms with Crippen molar-refractivity contribution in [3.63, 3.8) is 0 Å². The lowest BCUT2D eigenvalue weighted by Gasteiger charge is -2.33. The fourth-order valence-corrected chi connectivity index (χ4v) is 3.17. The normalized spacial score (nSPS) is 26.1. The number of ketones is 1. The third-order valence-electron chi connectivity index (χ3n) is 2.91. The predicted octanol–water partition coefficient (Wildman–Crippen LogP) is 0.0607. The van der Waals surface area contributed by atoms with Crippen molar-refractivity contribution < 1.29 is 33.8 Å². The highest BCUT2D eigenvalue weighted by Crippen LogP contribution is 2.29. The second kappa shape index (κ2) is 4.97. The van der Waals surface area contributed by atoms with Crippen LogP contribution in [-0.2, 0) is 23.9 Å². The zero-order valence-electron chi connectivity index (χ0n) is 10.8. The number of amides is 1. The monoisotopic (exact) mass is 303 g/mol. The highest BCUT2D eigenvalue weighted by molar-refractivity contribution is 7.99. The molecule has 2 aliphatic rings. The van der Waals surface area contributed by atoms with E-state index in [2.05, 4.69) is 0 Å². The van der Waals surface area contributed by atoms with Crippen molar-refractivity contribution in [2.75, 3.05) is 11.6 Å². The predicted molar refractivity (Wildman–Crippen MR) is 65.7 cm³/mol. The van der Waals surface area contributed by atoms with Gasteiger partial charge in [0.25, 0.3) is 5.79 Å². The number of carbonyl (C=O) groups is 4. The number of carboxylic acid groups (broad SMARTS) is 1. The first-order valence-corrected chi connectivity index (χ1v) is 6.95. The molecule has 2 fully saturated rings. The van der Waals surface area contributed by atoms with E-state index in [1.807, 2.05) is 0 Å². The summed E-state index contributed by atoms with van der Waals surface area (Å²) in [6.07, 6.45) is -1.27. The van der Waals surface area contributed by atoms with E-state index >= 15 is 0 Å². The van der Waals surface area contributed by atoms with Crippen molar-refractivity contribution in [3.8, 4) is 0 Å². The summed E-state index contributed by atoms with van der Waals surface area (Å²) < 4.78 is 9.72. The zero-order valence-corrected chi connectivity index (χ0v) is 11.6. The van der Waals surface area contributed by atoms with Crippen molar-refractivity contribution in [1.82, 2.24) is 4.90 Å². The molecule has 20 heavy (non-hydrogen) atoms. The van der Waals surface area contributed by atoms with Gasteiger partial charge in [0.15, 0.2) is 5.78 Å². The van der Waals surface area contributed by atoms with Crippen LogP contribution in [0.25, 0.3) is 0 Å². The molecule has 2 aliphatic heterocycles. The Bertz CT molecular complexity index is 469. The molecule has 1 N–H and O–H groups in total. The summed E-state index contributed by atoms with van der Waals surface area (Å²) in [6, 6.07) is -1.04. The molecular weight excluding hydrogens is 290 g/mol. The van der Waals surface area contributed by atoms with Gasteiger partial charge >= 0.3 is 18.0 Å². The topological polar surface area (TPSA) is 110 Å². The second-order valence-corrected chi connectivity index (χ2v) is 5.85. The standard InChI is InChI=1S/C11H13NO7S/c1-11(2)18-8(14)6(9(15)19-11)7(13)5-3-20-4-12(5)10(16)17/h5-6H,3-4H2,1-2H3,(H,16,17)/t5-/m0/s1. The molecule has 0 spiro atoms. The summed E-state index contributed by atoms with van der Waals surface area (Å²) in [4.78, 5) is 47.7. The van der Waals surface area contributed by atoms with Crippen LogP contribution in [-0.4, -0.2) is 57.3 Å². The first-order valence-electron chi connectivity index (χ1n) is 5.79. The largest absolute Gasteiger partial charge is 0.465 e. The summed E-state index contributed by atoms with van der Waals surface area (Å²) in [5.74, 6) is -5.62. The van der Waals surface area contributed by atoms with Crippen LogP contribution in [0.2, 0.25) is 0 Å². The van der Waals surface area contributed by atoms with Gasteiger partial charge in [0.2, 0.25) is 5.92 Å². The van der Waals surface area contributed by atoms with Crippen LogP contribution in [0.3, 0.4) is 0 Å². The molecule has 2 saturated heterocycles. The maximum absolute atomic E-state index is 12.2. The Labute approximate surface area is 118 Å². The quantitative estimate of drug-likeness (QED) is 0.563. The third kappa shape index (κ3) is 2.58. The van der Waals surface area contributed by atoms with Gasteiger partial charge < -0.3 is 14.6 Å². The van der Waals surface area contributed by atoms with Gasteiger partial charge in [-0.2, -0.15) is 0 Å². The molecule has 110 valence electrons. The van der Waals surface area contributed by atoms with E-state index in [0.717, 1.165) is 4.90 Å². The maximum atomic E-state index is 12.2. The number of ether oxygens (including phenoxy) is 2. The number of Topliss-reactive ketones (excluding diaryl/α,β-unsaturated/α-hetero) is 1. The maximum Gasteiger partial charge on any atom is 0.408 e. The van der Waals surface area contributed by atoms with Crippen molar-refractivity contribution in [3.05, 3.63) is 0 Å². The fraction of sp³-hybridized carbons (Fsp3) is 0.636. The van der Waals surface area contributed by atoms with Crippen LogP contribution in [0.5, 0.6) is 0 Å². The highest BCUT2D eigenvalue weighted by atomic mass is 32.2. The van der Waals surface area contributed by atoms with Gasteiger partial charge in [0, 0.05) is 19.6 Å². The van der Waals surface area contributed by atoms with Crippen molar-refractivity contribution >= 4 is 35.6 Å². The number of thioether (sulfide) groups is 1. The number of hydrogen-bond acceptors (Lipinski definition) is 7. The molecule has 1 atom stereocenters. The summed E-state index contributed by atoms with van der Waals surface area (Å²) >= 11 is 1.23. The van der Waals surface area contributed by atoms with E-state index < -0.39 is 41.6 Å². The molecule has 0 aromatic carbocycles. The summed E-state index contributed by atoms with van der Waals surface area (Å²) in [5.41, 5.74) is 0. The van der Waals surface area contributed by atoms with Gasteiger partial charge in [-0.1, -0.05) is 0 Å². The van der Waals surface area contributed by atoms with Crippen molar-refractivity contribution in [2.24, 2.45) is 5.92 Å². The average Bonchev–Trinajstić information content (AvgIpc) is 2.74. The van der Waals surface area contributed by atoms with Gasteiger partial charge in [-0.3, -0.25) is 19.3 Å². The van der Waals surface area contributed by atoms with Crippen LogP contribution in [0.4, 0.5) is 4.79 Å². The van der Waals surface area contributed by atoms with Crippen LogP contribution in [0, 0.1) is 5.92 Å². The Morgan fingerprint density at radius 2 is 1.85 bits per heavy atom. The Kier molecular flexibility index (Phi) is 3.63. The number of hydrogen-bond donors (Lipinski definition) is 1. The molecular formula is C11H13NO7S. The lowest BCUT2D eigenvalue weighted by atomic mass is 9.97. The minimum absolute atomic E-state index is 0.119. The molecule has 0 radical (unpaired) electrons. The Balaban J connectivity index is 2.19.